The lowest BCUT2D eigenvalue weighted by Crippen LogP contribution is -2.42. The second-order valence-electron chi connectivity index (χ2n) is 5.70. The number of ether oxygens (including phenoxy) is 2. The number of esters is 1. The Morgan fingerprint density at radius 3 is 2.70 bits per heavy atom. The summed E-state index contributed by atoms with van der Waals surface area (Å²) >= 11 is 0.743. The Morgan fingerprint density at radius 2 is 2.11 bits per heavy atom. The number of rotatable bonds is 7. The zero-order valence-electron chi connectivity index (χ0n) is 15.4. The van der Waals surface area contributed by atoms with Crippen molar-refractivity contribution in [1.82, 2.24) is 4.90 Å². The minimum Gasteiger partial charge on any atom is -0.504 e. The number of phenolic OH excluding ortho intramolecular Hbond substituents is 1. The zero-order chi connectivity index (χ0) is 20.1. The molecule has 0 saturated carbocycles. The number of nitrogens with zero attached hydrogens (tertiary/aromatic N) is 1. The average Bonchev–Trinajstić information content (AvgIpc) is 2.91. The number of phenols is 1. The molecule has 0 spiro atoms. The molecule has 0 aromatic heterocycles. The third kappa shape index (κ3) is 4.33. The maximum Gasteiger partial charge on any atom is 0.328 e. The molecule has 1 saturated heterocycles. The van der Waals surface area contributed by atoms with Crippen LogP contribution in [0, 0.1) is 0 Å². The minimum atomic E-state index is -1.01. The number of thioether (sulfide) groups is 1. The lowest BCUT2D eigenvalue weighted by molar-refractivity contribution is -0.148. The molecule has 144 valence electrons. The first-order valence-corrected chi connectivity index (χ1v) is 9.10. The van der Waals surface area contributed by atoms with Crippen LogP contribution in [0.15, 0.2) is 29.7 Å². The SMILES string of the molecule is C=CCc1cc(C=C2SC(=O)N(C(C)C(=O)OC)C2=O)cc(OCC)c1O. The van der Waals surface area contributed by atoms with E-state index in [1.54, 1.807) is 25.1 Å². The third-order valence-electron chi connectivity index (χ3n) is 3.89. The van der Waals surface area contributed by atoms with E-state index in [2.05, 4.69) is 11.3 Å². The van der Waals surface area contributed by atoms with Gasteiger partial charge in [-0.1, -0.05) is 6.08 Å². The normalized spacial score (nSPS) is 16.6. The first-order chi connectivity index (χ1) is 12.8. The standard InChI is InChI=1S/C19H21NO6S/c1-5-7-13-8-12(9-14(16(13)21)26-6-2)10-15-17(22)20(19(24)27-15)11(3)18(23)25-4/h5,8-11,21H,1,6-7H2,2-4H3. The predicted molar refractivity (Wildman–Crippen MR) is 102 cm³/mol. The van der Waals surface area contributed by atoms with Crippen LogP contribution in [0.1, 0.15) is 25.0 Å². The molecule has 1 heterocycles. The molecular formula is C19H21NO6S. The number of methoxy groups -OCH3 is 1. The lowest BCUT2D eigenvalue weighted by Gasteiger charge is -2.18. The molecule has 27 heavy (non-hydrogen) atoms. The molecule has 0 radical (unpaired) electrons. The molecule has 1 N–H and O–H groups in total. The van der Waals surface area contributed by atoms with E-state index < -0.39 is 23.2 Å². The molecular weight excluding hydrogens is 370 g/mol. The van der Waals surface area contributed by atoms with E-state index in [1.165, 1.54) is 20.1 Å². The fourth-order valence-electron chi connectivity index (χ4n) is 2.59. The number of carbonyl (C=O) groups is 3. The largest absolute Gasteiger partial charge is 0.504 e. The van der Waals surface area contributed by atoms with Gasteiger partial charge in [-0.2, -0.15) is 0 Å². The summed E-state index contributed by atoms with van der Waals surface area (Å²) in [6.07, 6.45) is 3.58. The summed E-state index contributed by atoms with van der Waals surface area (Å²) < 4.78 is 10.0. The highest BCUT2D eigenvalue weighted by atomic mass is 32.2. The van der Waals surface area contributed by atoms with E-state index in [1.807, 2.05) is 0 Å². The van der Waals surface area contributed by atoms with Gasteiger partial charge in [-0.3, -0.25) is 14.5 Å². The maximum atomic E-state index is 12.6. The van der Waals surface area contributed by atoms with Crippen LogP contribution in [0.2, 0.25) is 0 Å². The second-order valence-corrected chi connectivity index (χ2v) is 6.70. The van der Waals surface area contributed by atoms with E-state index >= 15 is 0 Å². The third-order valence-corrected chi connectivity index (χ3v) is 4.77. The molecule has 0 aliphatic carbocycles. The number of benzene rings is 1. The molecule has 1 fully saturated rings. The Morgan fingerprint density at radius 1 is 1.41 bits per heavy atom. The monoisotopic (exact) mass is 391 g/mol. The number of imide groups is 1. The van der Waals surface area contributed by atoms with Crippen LogP contribution in [0.5, 0.6) is 11.5 Å². The molecule has 1 aromatic rings. The Labute approximate surface area is 161 Å². The highest BCUT2D eigenvalue weighted by molar-refractivity contribution is 8.18. The lowest BCUT2D eigenvalue weighted by atomic mass is 10.0. The molecule has 1 atom stereocenters. The number of amides is 2. The second kappa shape index (κ2) is 8.77. The van der Waals surface area contributed by atoms with E-state index in [9.17, 15) is 19.5 Å². The first kappa shape index (κ1) is 20.6. The predicted octanol–water partition coefficient (Wildman–Crippen LogP) is 3.12. The maximum absolute atomic E-state index is 12.6. The molecule has 1 aliphatic heterocycles. The van der Waals surface area contributed by atoms with Gasteiger partial charge in [0.15, 0.2) is 11.5 Å². The summed E-state index contributed by atoms with van der Waals surface area (Å²) in [5, 5.41) is 9.71. The molecule has 2 amide bonds. The van der Waals surface area contributed by atoms with E-state index in [0.717, 1.165) is 16.7 Å². The topological polar surface area (TPSA) is 93.1 Å². The smallest absolute Gasteiger partial charge is 0.328 e. The van der Waals surface area contributed by atoms with Crippen molar-refractivity contribution in [2.45, 2.75) is 26.3 Å². The van der Waals surface area contributed by atoms with Crippen molar-refractivity contribution in [1.29, 1.82) is 0 Å². The van der Waals surface area contributed by atoms with E-state index in [-0.39, 0.29) is 16.4 Å². The summed E-state index contributed by atoms with van der Waals surface area (Å²) in [5.74, 6) is -0.944. The Balaban J connectivity index is 2.40. The molecule has 7 nitrogen and oxygen atoms in total. The van der Waals surface area contributed by atoms with Gasteiger partial charge in [-0.25, -0.2) is 4.79 Å². The molecule has 8 heteroatoms. The summed E-state index contributed by atoms with van der Waals surface area (Å²) in [5.41, 5.74) is 1.17. The van der Waals surface area contributed by atoms with Crippen LogP contribution in [0.3, 0.4) is 0 Å². The number of hydrogen-bond donors (Lipinski definition) is 1. The van der Waals surface area contributed by atoms with Gasteiger partial charge in [0.25, 0.3) is 11.1 Å². The van der Waals surface area contributed by atoms with Crippen molar-refractivity contribution in [3.8, 4) is 11.5 Å². The summed E-state index contributed by atoms with van der Waals surface area (Å²) in [7, 11) is 1.20. The van der Waals surface area contributed by atoms with Crippen molar-refractivity contribution in [3.05, 3.63) is 40.8 Å². The zero-order valence-corrected chi connectivity index (χ0v) is 16.2. The summed E-state index contributed by atoms with van der Waals surface area (Å²) in [6.45, 7) is 7.24. The fourth-order valence-corrected chi connectivity index (χ4v) is 3.50. The quantitative estimate of drug-likeness (QED) is 0.434. The fraction of sp³-hybridized carbons (Fsp3) is 0.316. The molecule has 0 bridgehead atoms. The van der Waals surface area contributed by atoms with Crippen LogP contribution >= 0.6 is 11.8 Å². The molecule has 1 aromatic carbocycles. The van der Waals surface area contributed by atoms with Gasteiger partial charge >= 0.3 is 5.97 Å². The Hall–Kier alpha value is -2.74. The Bertz CT molecular complexity index is 817. The first-order valence-electron chi connectivity index (χ1n) is 8.28. The van der Waals surface area contributed by atoms with E-state index in [4.69, 9.17) is 4.74 Å². The van der Waals surface area contributed by atoms with Crippen molar-refractivity contribution >= 4 is 35.0 Å². The highest BCUT2D eigenvalue weighted by Gasteiger charge is 2.41. The van der Waals surface area contributed by atoms with Gasteiger partial charge in [-0.15, -0.1) is 6.58 Å². The van der Waals surface area contributed by atoms with Crippen molar-refractivity contribution in [2.24, 2.45) is 0 Å². The van der Waals surface area contributed by atoms with Crippen LogP contribution in [-0.2, 0) is 20.7 Å². The van der Waals surface area contributed by atoms with Crippen LogP contribution < -0.4 is 4.74 Å². The van der Waals surface area contributed by atoms with Crippen molar-refractivity contribution < 1.29 is 29.0 Å². The molecule has 2 rings (SSSR count). The van der Waals surface area contributed by atoms with Gasteiger partial charge in [0.1, 0.15) is 6.04 Å². The number of hydrogen-bond acceptors (Lipinski definition) is 7. The van der Waals surface area contributed by atoms with E-state index in [0.29, 0.717) is 24.2 Å². The van der Waals surface area contributed by atoms with Crippen LogP contribution in [0.25, 0.3) is 6.08 Å². The van der Waals surface area contributed by atoms with Crippen LogP contribution in [0.4, 0.5) is 4.79 Å². The number of aromatic hydroxyl groups is 1. The number of allylic oxidation sites excluding steroid dienone is 1. The molecule has 1 aliphatic rings. The van der Waals surface area contributed by atoms with Crippen LogP contribution in [-0.4, -0.2) is 46.9 Å². The van der Waals surface area contributed by atoms with Gasteiger partial charge < -0.3 is 14.6 Å². The van der Waals surface area contributed by atoms with Crippen molar-refractivity contribution in [3.63, 3.8) is 0 Å². The van der Waals surface area contributed by atoms with Gasteiger partial charge in [0.2, 0.25) is 0 Å². The summed E-state index contributed by atoms with van der Waals surface area (Å²) in [4.78, 5) is 37.5. The average molecular weight is 391 g/mol. The van der Waals surface area contributed by atoms with Gasteiger partial charge in [0.05, 0.1) is 18.6 Å². The van der Waals surface area contributed by atoms with Gasteiger partial charge in [0, 0.05) is 5.56 Å². The summed E-state index contributed by atoms with van der Waals surface area (Å²) in [6, 6.07) is 2.27. The number of carbonyl (C=O) groups excluding carboxylic acids is 3. The minimum absolute atomic E-state index is 0.0151. The highest BCUT2D eigenvalue weighted by Crippen LogP contribution is 2.37. The molecule has 1 unspecified atom stereocenters. The Kier molecular flexibility index (Phi) is 6.68. The van der Waals surface area contributed by atoms with Gasteiger partial charge in [-0.05, 0) is 55.8 Å². The van der Waals surface area contributed by atoms with Crippen molar-refractivity contribution in [2.75, 3.05) is 13.7 Å².